The van der Waals surface area contributed by atoms with E-state index >= 15 is 0 Å². The normalized spacial score (nSPS) is 10.4. The Labute approximate surface area is 146 Å². The molecule has 7 heteroatoms. The van der Waals surface area contributed by atoms with E-state index in [0.717, 1.165) is 29.9 Å². The molecule has 2 N–H and O–H groups in total. The van der Waals surface area contributed by atoms with Crippen molar-refractivity contribution in [2.24, 2.45) is 0 Å². The van der Waals surface area contributed by atoms with Gasteiger partial charge in [-0.15, -0.1) is 0 Å². The van der Waals surface area contributed by atoms with Crippen molar-refractivity contribution in [2.45, 2.75) is 19.9 Å². The first-order valence-electron chi connectivity index (χ1n) is 8.13. The molecule has 0 spiro atoms. The van der Waals surface area contributed by atoms with Crippen molar-refractivity contribution in [3.05, 3.63) is 60.7 Å². The zero-order chi connectivity index (χ0) is 17.5. The Kier molecular flexibility index (Phi) is 5.36. The Balaban J connectivity index is 1.46. The van der Waals surface area contributed by atoms with Crippen LogP contribution in [0.15, 0.2) is 55.0 Å². The van der Waals surface area contributed by atoms with E-state index in [9.17, 15) is 4.79 Å². The summed E-state index contributed by atoms with van der Waals surface area (Å²) in [6, 6.07) is 11.0. The van der Waals surface area contributed by atoms with Gasteiger partial charge in [-0.3, -0.25) is 4.68 Å². The molecule has 0 aliphatic carbocycles. The molecule has 0 unspecified atom stereocenters. The van der Waals surface area contributed by atoms with Crippen molar-refractivity contribution in [1.82, 2.24) is 25.1 Å². The van der Waals surface area contributed by atoms with Crippen LogP contribution in [0.25, 0.3) is 11.4 Å². The zero-order valence-corrected chi connectivity index (χ0v) is 14.0. The van der Waals surface area contributed by atoms with Gasteiger partial charge in [-0.2, -0.15) is 5.10 Å². The van der Waals surface area contributed by atoms with E-state index in [1.54, 1.807) is 12.4 Å². The lowest BCUT2D eigenvalue weighted by molar-refractivity contribution is 0.251. The Morgan fingerprint density at radius 1 is 1.16 bits per heavy atom. The smallest absolute Gasteiger partial charge is 0.319 e. The summed E-state index contributed by atoms with van der Waals surface area (Å²) in [5.74, 6) is 0.676. The van der Waals surface area contributed by atoms with Crippen molar-refractivity contribution >= 4 is 11.7 Å². The molecule has 0 radical (unpaired) electrons. The number of aryl methyl sites for hydroxylation is 2. The van der Waals surface area contributed by atoms with Crippen LogP contribution in [-0.4, -0.2) is 32.3 Å². The van der Waals surface area contributed by atoms with Gasteiger partial charge in [0.25, 0.3) is 0 Å². The van der Waals surface area contributed by atoms with E-state index in [2.05, 4.69) is 25.7 Å². The number of benzene rings is 1. The molecule has 2 amide bonds. The van der Waals surface area contributed by atoms with Crippen LogP contribution in [0.3, 0.4) is 0 Å². The molecule has 3 aromatic rings. The van der Waals surface area contributed by atoms with Crippen LogP contribution >= 0.6 is 0 Å². The van der Waals surface area contributed by atoms with Crippen LogP contribution in [0.1, 0.15) is 12.1 Å². The fourth-order valence-corrected chi connectivity index (χ4v) is 2.34. The van der Waals surface area contributed by atoms with E-state index in [1.165, 1.54) is 0 Å². The van der Waals surface area contributed by atoms with Gasteiger partial charge < -0.3 is 10.6 Å². The summed E-state index contributed by atoms with van der Waals surface area (Å²) < 4.78 is 1.84. The number of rotatable bonds is 6. The Hall–Kier alpha value is -3.22. The number of amides is 2. The molecule has 0 aliphatic rings. The van der Waals surface area contributed by atoms with E-state index < -0.39 is 0 Å². The molecule has 0 fully saturated rings. The maximum Gasteiger partial charge on any atom is 0.319 e. The highest BCUT2D eigenvalue weighted by Gasteiger charge is 2.04. The average Bonchev–Trinajstić information content (AvgIpc) is 3.13. The molecule has 2 aromatic heterocycles. The number of nitrogens with zero attached hydrogens (tertiary/aromatic N) is 4. The number of aromatic nitrogens is 4. The Morgan fingerprint density at radius 2 is 2.00 bits per heavy atom. The molecule has 3 rings (SSSR count). The highest BCUT2D eigenvalue weighted by atomic mass is 16.2. The van der Waals surface area contributed by atoms with Gasteiger partial charge in [0.2, 0.25) is 0 Å². The fourth-order valence-electron chi connectivity index (χ4n) is 2.34. The summed E-state index contributed by atoms with van der Waals surface area (Å²) in [6.07, 6.45) is 6.20. The van der Waals surface area contributed by atoms with Crippen LogP contribution in [0.5, 0.6) is 0 Å². The number of hydrogen-bond donors (Lipinski definition) is 2. The molecule has 25 heavy (non-hydrogen) atoms. The number of urea groups is 1. The van der Waals surface area contributed by atoms with E-state index in [4.69, 9.17) is 0 Å². The fraction of sp³-hybridized carbons (Fsp3) is 0.222. The van der Waals surface area contributed by atoms with Gasteiger partial charge in [0, 0.05) is 48.6 Å². The number of carbonyl (C=O) groups excluding carboxylic acids is 1. The monoisotopic (exact) mass is 336 g/mol. The van der Waals surface area contributed by atoms with E-state index in [-0.39, 0.29) is 6.03 Å². The first-order chi connectivity index (χ1) is 12.2. The quantitative estimate of drug-likeness (QED) is 0.678. The maximum atomic E-state index is 11.9. The lowest BCUT2D eigenvalue weighted by Gasteiger charge is -2.08. The molecule has 128 valence electrons. The van der Waals surface area contributed by atoms with Crippen molar-refractivity contribution < 1.29 is 4.79 Å². The summed E-state index contributed by atoms with van der Waals surface area (Å²) in [7, 11) is 0. The van der Waals surface area contributed by atoms with Gasteiger partial charge in [0.15, 0.2) is 5.82 Å². The number of anilines is 1. The molecular formula is C18H20N6O. The van der Waals surface area contributed by atoms with Crippen LogP contribution in [0.2, 0.25) is 0 Å². The first-order valence-corrected chi connectivity index (χ1v) is 8.13. The molecule has 7 nitrogen and oxygen atoms in total. The SMILES string of the molecule is Cc1ccnc(-c2ccc(NC(=O)NCCCn3cccn3)cc2)n1. The Morgan fingerprint density at radius 3 is 2.72 bits per heavy atom. The van der Waals surface area contributed by atoms with Crippen molar-refractivity contribution in [2.75, 3.05) is 11.9 Å². The molecule has 0 bridgehead atoms. The minimum Gasteiger partial charge on any atom is -0.338 e. The topological polar surface area (TPSA) is 84.7 Å². The van der Waals surface area contributed by atoms with Crippen molar-refractivity contribution in [1.29, 1.82) is 0 Å². The summed E-state index contributed by atoms with van der Waals surface area (Å²) in [4.78, 5) is 20.5. The van der Waals surface area contributed by atoms with Gasteiger partial charge >= 0.3 is 6.03 Å². The highest BCUT2D eigenvalue weighted by molar-refractivity contribution is 5.89. The van der Waals surface area contributed by atoms with Gasteiger partial charge in [0.1, 0.15) is 0 Å². The second-order valence-electron chi connectivity index (χ2n) is 5.60. The first kappa shape index (κ1) is 16.6. The molecule has 0 saturated carbocycles. The minimum atomic E-state index is -0.222. The second-order valence-corrected chi connectivity index (χ2v) is 5.60. The maximum absolute atomic E-state index is 11.9. The third kappa shape index (κ3) is 4.87. The molecule has 0 saturated heterocycles. The van der Waals surface area contributed by atoms with Crippen molar-refractivity contribution in [3.63, 3.8) is 0 Å². The molecule has 2 heterocycles. The average molecular weight is 336 g/mol. The lowest BCUT2D eigenvalue weighted by atomic mass is 10.2. The summed E-state index contributed by atoms with van der Waals surface area (Å²) in [5, 5.41) is 9.76. The zero-order valence-electron chi connectivity index (χ0n) is 14.0. The predicted octanol–water partition coefficient (Wildman–Crippen LogP) is 2.86. The number of hydrogen-bond acceptors (Lipinski definition) is 4. The van der Waals surface area contributed by atoms with Crippen LogP contribution < -0.4 is 10.6 Å². The molecular weight excluding hydrogens is 316 g/mol. The minimum absolute atomic E-state index is 0.222. The summed E-state index contributed by atoms with van der Waals surface area (Å²) in [5.41, 5.74) is 2.55. The number of nitrogens with one attached hydrogen (secondary N) is 2. The third-order valence-electron chi connectivity index (χ3n) is 3.60. The van der Waals surface area contributed by atoms with Crippen molar-refractivity contribution in [3.8, 4) is 11.4 Å². The standard InChI is InChI=1S/C18H20N6O/c1-14-8-11-19-17(22-14)15-4-6-16(7-5-15)23-18(25)20-9-2-12-24-13-3-10-21-24/h3-8,10-11,13H,2,9,12H2,1H3,(H2,20,23,25). The van der Waals surface area contributed by atoms with Crippen LogP contribution in [0, 0.1) is 6.92 Å². The highest BCUT2D eigenvalue weighted by Crippen LogP contribution is 2.17. The van der Waals surface area contributed by atoms with E-state index in [0.29, 0.717) is 12.4 Å². The number of carbonyl (C=O) groups is 1. The van der Waals surface area contributed by atoms with Gasteiger partial charge in [0.05, 0.1) is 0 Å². The second kappa shape index (κ2) is 8.05. The largest absolute Gasteiger partial charge is 0.338 e. The third-order valence-corrected chi connectivity index (χ3v) is 3.60. The van der Waals surface area contributed by atoms with Gasteiger partial charge in [-0.1, -0.05) is 0 Å². The van der Waals surface area contributed by atoms with Crippen LogP contribution in [0.4, 0.5) is 10.5 Å². The Bertz CT molecular complexity index is 814. The lowest BCUT2D eigenvalue weighted by Crippen LogP contribution is -2.30. The summed E-state index contributed by atoms with van der Waals surface area (Å²) >= 11 is 0. The molecule has 0 aliphatic heterocycles. The van der Waals surface area contributed by atoms with Gasteiger partial charge in [-0.25, -0.2) is 14.8 Å². The molecule has 1 aromatic carbocycles. The molecule has 0 atom stereocenters. The van der Waals surface area contributed by atoms with Crippen LogP contribution in [-0.2, 0) is 6.54 Å². The predicted molar refractivity (Wildman–Crippen MR) is 96.1 cm³/mol. The summed E-state index contributed by atoms with van der Waals surface area (Å²) in [6.45, 7) is 3.29. The van der Waals surface area contributed by atoms with E-state index in [1.807, 2.05) is 54.2 Å². The van der Waals surface area contributed by atoms with Gasteiger partial charge in [-0.05, 0) is 49.7 Å².